The van der Waals surface area contributed by atoms with Crippen LogP contribution in [0.15, 0.2) is 0 Å². The molecule has 0 aliphatic rings. The molecule has 0 saturated heterocycles. The molecule has 0 aromatic carbocycles. The maximum absolute atomic E-state index is 9.47. The van der Waals surface area contributed by atoms with Crippen molar-refractivity contribution in [2.75, 3.05) is 6.61 Å². The van der Waals surface area contributed by atoms with Crippen molar-refractivity contribution in [3.05, 3.63) is 0 Å². The van der Waals surface area contributed by atoms with E-state index >= 15 is 0 Å². The van der Waals surface area contributed by atoms with Gasteiger partial charge in [0.05, 0.1) is 6.10 Å². The Morgan fingerprint density at radius 3 is 2.23 bits per heavy atom. The smallest absolute Gasteiger partial charge is 0.129 e. The van der Waals surface area contributed by atoms with Crippen LogP contribution in [-0.2, 0) is 0 Å². The maximum Gasteiger partial charge on any atom is 0.129 e. The molecule has 2 unspecified atom stereocenters. The van der Waals surface area contributed by atoms with Gasteiger partial charge in [-0.1, -0.05) is 26.6 Å². The minimum atomic E-state index is -1.30. The Balaban J connectivity index is 3.93. The highest BCUT2D eigenvalue weighted by molar-refractivity contribution is 6.83. The zero-order chi connectivity index (χ0) is 10.5. The lowest BCUT2D eigenvalue weighted by Gasteiger charge is -2.13. The molecule has 2 N–H and O–H groups in total. The topological polar surface area (TPSA) is 40.5 Å². The third-order valence-electron chi connectivity index (χ3n) is 1.72. The fourth-order valence-corrected chi connectivity index (χ4v) is 1.38. The molecule has 0 aliphatic heterocycles. The molecule has 2 atom stereocenters. The van der Waals surface area contributed by atoms with Crippen molar-refractivity contribution in [1.82, 2.24) is 0 Å². The summed E-state index contributed by atoms with van der Waals surface area (Å²) in [6.45, 7) is 8.35. The maximum atomic E-state index is 9.47. The Labute approximate surface area is 82.0 Å². The Bertz CT molecular complexity index is 197. The minimum Gasteiger partial charge on any atom is -0.396 e. The number of aliphatic hydroxyl groups is 2. The molecule has 76 valence electrons. The summed E-state index contributed by atoms with van der Waals surface area (Å²) in [5, 5.41) is 18.2. The molecule has 0 aromatic rings. The summed E-state index contributed by atoms with van der Waals surface area (Å²) in [5.74, 6) is 2.92. The Kier molecular flexibility index (Phi) is 5.31. The molecule has 0 aliphatic carbocycles. The second kappa shape index (κ2) is 5.43. The van der Waals surface area contributed by atoms with E-state index in [2.05, 4.69) is 31.1 Å². The van der Waals surface area contributed by atoms with Crippen LogP contribution in [0.25, 0.3) is 0 Å². The molecule has 2 nitrogen and oxygen atoms in total. The molecule has 3 heteroatoms. The summed E-state index contributed by atoms with van der Waals surface area (Å²) in [6, 6.07) is 0. The minimum absolute atomic E-state index is 0.0236. The number of hydrogen-bond donors (Lipinski definition) is 2. The van der Waals surface area contributed by atoms with Crippen molar-refractivity contribution in [2.45, 2.75) is 39.1 Å². The van der Waals surface area contributed by atoms with E-state index in [-0.39, 0.29) is 12.5 Å². The van der Waals surface area contributed by atoms with E-state index in [0.29, 0.717) is 6.42 Å². The van der Waals surface area contributed by atoms with Crippen molar-refractivity contribution in [3.8, 4) is 11.5 Å². The van der Waals surface area contributed by atoms with E-state index in [1.807, 2.05) is 6.92 Å². The molecular weight excluding hydrogens is 180 g/mol. The first-order valence-corrected chi connectivity index (χ1v) is 8.16. The molecule has 0 fully saturated rings. The molecule has 0 bridgehead atoms. The molecule has 0 amide bonds. The predicted molar refractivity (Wildman–Crippen MR) is 58.0 cm³/mol. The molecule has 0 radical (unpaired) electrons. The van der Waals surface area contributed by atoms with Gasteiger partial charge < -0.3 is 10.2 Å². The van der Waals surface area contributed by atoms with E-state index in [1.54, 1.807) is 0 Å². The highest BCUT2D eigenvalue weighted by Gasteiger charge is 2.12. The zero-order valence-corrected chi connectivity index (χ0v) is 9.96. The van der Waals surface area contributed by atoms with Crippen LogP contribution in [0.4, 0.5) is 0 Å². The highest BCUT2D eigenvalue weighted by Crippen LogP contribution is 2.05. The number of hydrogen-bond acceptors (Lipinski definition) is 2. The molecule has 0 rings (SSSR count). The van der Waals surface area contributed by atoms with Crippen molar-refractivity contribution < 1.29 is 10.2 Å². The highest BCUT2D eigenvalue weighted by atomic mass is 28.3. The Morgan fingerprint density at radius 2 is 1.85 bits per heavy atom. The van der Waals surface area contributed by atoms with Crippen molar-refractivity contribution in [1.29, 1.82) is 0 Å². The molecule has 13 heavy (non-hydrogen) atoms. The Hall–Kier alpha value is -0.303. The average Bonchev–Trinajstić information content (AvgIpc) is 2.00. The van der Waals surface area contributed by atoms with Gasteiger partial charge in [-0.2, -0.15) is 0 Å². The van der Waals surface area contributed by atoms with Gasteiger partial charge in [0.15, 0.2) is 0 Å². The van der Waals surface area contributed by atoms with Gasteiger partial charge in [0.1, 0.15) is 8.07 Å². The summed E-state index contributed by atoms with van der Waals surface area (Å²) < 4.78 is 0. The van der Waals surface area contributed by atoms with Crippen molar-refractivity contribution in [2.24, 2.45) is 5.92 Å². The van der Waals surface area contributed by atoms with Crippen molar-refractivity contribution in [3.63, 3.8) is 0 Å². The van der Waals surface area contributed by atoms with Gasteiger partial charge in [0.25, 0.3) is 0 Å². The summed E-state index contributed by atoms with van der Waals surface area (Å²) in [6.07, 6.45) is -0.0136. The summed E-state index contributed by atoms with van der Waals surface area (Å²) in [7, 11) is -1.30. The second-order valence-electron chi connectivity index (χ2n) is 4.48. The summed E-state index contributed by atoms with van der Waals surface area (Å²) >= 11 is 0. The lowest BCUT2D eigenvalue weighted by molar-refractivity contribution is 0.0811. The predicted octanol–water partition coefficient (Wildman–Crippen LogP) is 1.25. The van der Waals surface area contributed by atoms with Gasteiger partial charge >= 0.3 is 0 Å². The fraction of sp³-hybridized carbons (Fsp3) is 0.800. The third-order valence-corrected chi connectivity index (χ3v) is 2.65. The number of rotatable bonds is 3. The van der Waals surface area contributed by atoms with E-state index < -0.39 is 14.2 Å². The monoisotopic (exact) mass is 200 g/mol. The first kappa shape index (κ1) is 12.7. The quantitative estimate of drug-likeness (QED) is 0.532. The average molecular weight is 200 g/mol. The van der Waals surface area contributed by atoms with Crippen LogP contribution in [0, 0.1) is 17.4 Å². The second-order valence-corrected chi connectivity index (χ2v) is 9.23. The standard InChI is InChI=1S/C10H20O2Si/c1-9(8-11)10(12)6-5-7-13(2,3)4/h9-12H,6,8H2,1-4H3. The SMILES string of the molecule is CC(CO)C(O)CC#C[Si](C)(C)C. The molecule has 0 heterocycles. The lowest BCUT2D eigenvalue weighted by Crippen LogP contribution is -2.21. The summed E-state index contributed by atoms with van der Waals surface area (Å²) in [4.78, 5) is 0. The van der Waals surface area contributed by atoms with Gasteiger partial charge in [0.2, 0.25) is 0 Å². The van der Waals surface area contributed by atoms with Crippen LogP contribution in [0.5, 0.6) is 0 Å². The largest absolute Gasteiger partial charge is 0.396 e. The van der Waals surface area contributed by atoms with E-state index in [9.17, 15) is 5.11 Å². The van der Waals surface area contributed by atoms with Crippen molar-refractivity contribution >= 4 is 8.07 Å². The van der Waals surface area contributed by atoms with Gasteiger partial charge in [-0.3, -0.25) is 0 Å². The van der Waals surface area contributed by atoms with Gasteiger partial charge in [0, 0.05) is 18.9 Å². The van der Waals surface area contributed by atoms with Gasteiger partial charge in [-0.05, 0) is 0 Å². The first-order valence-electron chi connectivity index (χ1n) is 4.66. The van der Waals surface area contributed by atoms with Crippen LogP contribution < -0.4 is 0 Å². The zero-order valence-electron chi connectivity index (χ0n) is 8.96. The van der Waals surface area contributed by atoms with Gasteiger partial charge in [-0.25, -0.2) is 0 Å². The van der Waals surface area contributed by atoms with Crippen LogP contribution >= 0.6 is 0 Å². The third kappa shape index (κ3) is 6.82. The summed E-state index contributed by atoms with van der Waals surface area (Å²) in [5.41, 5.74) is 3.18. The molecule has 0 aromatic heterocycles. The molecular formula is C10H20O2Si. The van der Waals surface area contributed by atoms with Gasteiger partial charge in [-0.15, -0.1) is 11.5 Å². The number of aliphatic hydroxyl groups excluding tert-OH is 2. The van der Waals surface area contributed by atoms with Crippen LogP contribution in [0.1, 0.15) is 13.3 Å². The van der Waals surface area contributed by atoms with E-state index in [1.165, 1.54) is 0 Å². The Morgan fingerprint density at radius 1 is 1.31 bits per heavy atom. The van der Waals surface area contributed by atoms with E-state index in [4.69, 9.17) is 5.11 Å². The lowest BCUT2D eigenvalue weighted by atomic mass is 10.0. The normalized spacial score (nSPS) is 15.8. The first-order chi connectivity index (χ1) is 5.87. The fourth-order valence-electron chi connectivity index (χ4n) is 0.744. The van der Waals surface area contributed by atoms with E-state index in [0.717, 1.165) is 0 Å². The molecule has 0 saturated carbocycles. The van der Waals surface area contributed by atoms with Crippen LogP contribution in [-0.4, -0.2) is 31.0 Å². The van der Waals surface area contributed by atoms with Crippen LogP contribution in [0.2, 0.25) is 19.6 Å². The molecule has 0 spiro atoms. The van der Waals surface area contributed by atoms with Crippen LogP contribution in [0.3, 0.4) is 0 Å².